The molecule has 1 aromatic rings. The van der Waals surface area contributed by atoms with Crippen LogP contribution in [-0.2, 0) is 16.1 Å². The van der Waals surface area contributed by atoms with E-state index >= 15 is 0 Å². The zero-order chi connectivity index (χ0) is 17.2. The van der Waals surface area contributed by atoms with Crippen molar-refractivity contribution in [3.05, 3.63) is 24.2 Å². The lowest BCUT2D eigenvalue weighted by Gasteiger charge is -2.38. The molecule has 2 heterocycles. The van der Waals surface area contributed by atoms with Gasteiger partial charge in [-0.15, -0.1) is 0 Å². The van der Waals surface area contributed by atoms with Crippen LogP contribution >= 0.6 is 0 Å². The lowest BCUT2D eigenvalue weighted by Crippen LogP contribution is -2.49. The number of carboxylic acid groups (broad SMARTS) is 2. The van der Waals surface area contributed by atoms with Gasteiger partial charge in [-0.3, -0.25) is 9.80 Å². The number of piperazine rings is 1. The molecular formula is C16H26N2O5. The van der Waals surface area contributed by atoms with Crippen LogP contribution in [0.1, 0.15) is 32.4 Å². The summed E-state index contributed by atoms with van der Waals surface area (Å²) in [5, 5.41) is 14.8. The van der Waals surface area contributed by atoms with Gasteiger partial charge in [0.05, 0.1) is 12.8 Å². The summed E-state index contributed by atoms with van der Waals surface area (Å²) in [5.74, 6) is -2.56. The van der Waals surface area contributed by atoms with E-state index in [-0.39, 0.29) is 0 Å². The zero-order valence-electron chi connectivity index (χ0n) is 13.8. The van der Waals surface area contributed by atoms with Gasteiger partial charge in [-0.25, -0.2) is 9.59 Å². The molecule has 0 aliphatic carbocycles. The molecule has 0 radical (unpaired) electrons. The molecule has 0 spiro atoms. The van der Waals surface area contributed by atoms with E-state index in [1.165, 1.54) is 25.9 Å². The van der Waals surface area contributed by atoms with E-state index in [4.69, 9.17) is 24.2 Å². The predicted octanol–water partition coefficient (Wildman–Crippen LogP) is 1.74. The monoisotopic (exact) mass is 326 g/mol. The van der Waals surface area contributed by atoms with Crippen molar-refractivity contribution in [2.75, 3.05) is 26.2 Å². The maximum Gasteiger partial charge on any atom is 0.414 e. The normalized spacial score (nSPS) is 16.0. The van der Waals surface area contributed by atoms with Crippen molar-refractivity contribution in [3.8, 4) is 0 Å². The standard InChI is InChI=1S/C14H24N2O.C2H2O4/c1-3-13(4-2)16-9-7-15(8-10-16)12-14-6-5-11-17-14;3-1(4)2(5)6/h5-6,11,13H,3-4,7-10,12H2,1-2H3;(H,3,4)(H,5,6). The molecule has 1 fully saturated rings. The Labute approximate surface area is 136 Å². The molecule has 130 valence electrons. The van der Waals surface area contributed by atoms with Crippen LogP contribution < -0.4 is 0 Å². The summed E-state index contributed by atoms with van der Waals surface area (Å²) in [7, 11) is 0. The van der Waals surface area contributed by atoms with Crippen LogP contribution in [0.25, 0.3) is 0 Å². The topological polar surface area (TPSA) is 94.2 Å². The molecule has 0 amide bonds. The van der Waals surface area contributed by atoms with E-state index in [1.54, 1.807) is 6.26 Å². The van der Waals surface area contributed by atoms with Gasteiger partial charge in [0.15, 0.2) is 0 Å². The number of hydrogen-bond donors (Lipinski definition) is 2. The van der Waals surface area contributed by atoms with Gasteiger partial charge in [0.25, 0.3) is 0 Å². The van der Waals surface area contributed by atoms with E-state index in [0.717, 1.165) is 31.4 Å². The van der Waals surface area contributed by atoms with Crippen LogP contribution in [0, 0.1) is 0 Å². The molecule has 1 aliphatic rings. The van der Waals surface area contributed by atoms with Gasteiger partial charge >= 0.3 is 11.9 Å². The van der Waals surface area contributed by atoms with Crippen LogP contribution in [0.15, 0.2) is 22.8 Å². The number of carbonyl (C=O) groups is 2. The summed E-state index contributed by atoms with van der Waals surface area (Å²) in [6, 6.07) is 4.81. The molecule has 0 bridgehead atoms. The predicted molar refractivity (Wildman–Crippen MR) is 85.2 cm³/mol. The first-order valence-electron chi connectivity index (χ1n) is 7.92. The van der Waals surface area contributed by atoms with Crippen molar-refractivity contribution in [2.45, 2.75) is 39.3 Å². The van der Waals surface area contributed by atoms with Crippen molar-refractivity contribution in [3.63, 3.8) is 0 Å². The van der Waals surface area contributed by atoms with Crippen molar-refractivity contribution >= 4 is 11.9 Å². The summed E-state index contributed by atoms with van der Waals surface area (Å²) in [5.41, 5.74) is 0. The minimum atomic E-state index is -1.82. The van der Waals surface area contributed by atoms with Gasteiger partial charge in [0, 0.05) is 32.2 Å². The Bertz CT molecular complexity index is 451. The Morgan fingerprint density at radius 3 is 2.09 bits per heavy atom. The molecule has 1 aliphatic heterocycles. The van der Waals surface area contributed by atoms with Gasteiger partial charge < -0.3 is 14.6 Å². The van der Waals surface area contributed by atoms with Crippen LogP contribution in [0.4, 0.5) is 0 Å². The SMILES string of the molecule is CCC(CC)N1CCN(Cc2ccco2)CC1.O=C(O)C(=O)O. The quantitative estimate of drug-likeness (QED) is 0.796. The number of furan rings is 1. The lowest BCUT2D eigenvalue weighted by molar-refractivity contribution is -0.159. The third-order valence-corrected chi connectivity index (χ3v) is 4.01. The lowest BCUT2D eigenvalue weighted by atomic mass is 10.1. The highest BCUT2D eigenvalue weighted by Gasteiger charge is 2.21. The highest BCUT2D eigenvalue weighted by molar-refractivity contribution is 6.27. The molecule has 0 aromatic carbocycles. The van der Waals surface area contributed by atoms with Crippen molar-refractivity contribution in [1.82, 2.24) is 9.80 Å². The Balaban J connectivity index is 0.000000379. The van der Waals surface area contributed by atoms with E-state index in [2.05, 4.69) is 29.7 Å². The fraction of sp³-hybridized carbons (Fsp3) is 0.625. The minimum Gasteiger partial charge on any atom is -0.473 e. The van der Waals surface area contributed by atoms with Crippen molar-refractivity contribution in [2.24, 2.45) is 0 Å². The molecule has 0 unspecified atom stereocenters. The third kappa shape index (κ3) is 6.83. The maximum absolute atomic E-state index is 9.10. The molecule has 2 rings (SSSR count). The number of hydrogen-bond acceptors (Lipinski definition) is 5. The molecule has 2 N–H and O–H groups in total. The molecule has 7 nitrogen and oxygen atoms in total. The second-order valence-corrected chi connectivity index (χ2v) is 5.47. The summed E-state index contributed by atoms with van der Waals surface area (Å²) >= 11 is 0. The fourth-order valence-electron chi connectivity index (χ4n) is 2.71. The van der Waals surface area contributed by atoms with Gasteiger partial charge in [0.2, 0.25) is 0 Å². The first kappa shape index (κ1) is 19.2. The fourth-order valence-corrected chi connectivity index (χ4v) is 2.71. The van der Waals surface area contributed by atoms with Crippen molar-refractivity contribution < 1.29 is 24.2 Å². The van der Waals surface area contributed by atoms with Crippen LogP contribution in [0.5, 0.6) is 0 Å². The minimum absolute atomic E-state index is 0.778. The molecule has 7 heteroatoms. The van der Waals surface area contributed by atoms with Crippen LogP contribution in [-0.4, -0.2) is 64.2 Å². The summed E-state index contributed by atoms with van der Waals surface area (Å²) < 4.78 is 5.40. The molecule has 23 heavy (non-hydrogen) atoms. The Morgan fingerprint density at radius 2 is 1.70 bits per heavy atom. The van der Waals surface area contributed by atoms with Crippen molar-refractivity contribution in [1.29, 1.82) is 0 Å². The molecule has 0 atom stereocenters. The van der Waals surface area contributed by atoms with E-state index in [0.29, 0.717) is 0 Å². The first-order chi connectivity index (χ1) is 11.0. The highest BCUT2D eigenvalue weighted by atomic mass is 16.4. The second-order valence-electron chi connectivity index (χ2n) is 5.47. The summed E-state index contributed by atoms with van der Waals surface area (Å²) in [4.78, 5) is 23.3. The Hall–Kier alpha value is -1.86. The van der Waals surface area contributed by atoms with E-state index in [9.17, 15) is 0 Å². The van der Waals surface area contributed by atoms with Crippen LogP contribution in [0.3, 0.4) is 0 Å². The van der Waals surface area contributed by atoms with Gasteiger partial charge in [-0.1, -0.05) is 13.8 Å². The smallest absolute Gasteiger partial charge is 0.414 e. The van der Waals surface area contributed by atoms with Gasteiger partial charge in [-0.2, -0.15) is 0 Å². The number of nitrogens with zero attached hydrogens (tertiary/aromatic N) is 2. The van der Waals surface area contributed by atoms with E-state index in [1.807, 2.05) is 6.07 Å². The van der Waals surface area contributed by atoms with Crippen LogP contribution in [0.2, 0.25) is 0 Å². The second kappa shape index (κ2) is 10.0. The largest absolute Gasteiger partial charge is 0.473 e. The van der Waals surface area contributed by atoms with E-state index < -0.39 is 11.9 Å². The molecule has 1 saturated heterocycles. The average molecular weight is 326 g/mol. The molecule has 0 saturated carbocycles. The highest BCUT2D eigenvalue weighted by Crippen LogP contribution is 2.14. The van der Waals surface area contributed by atoms with Gasteiger partial charge in [0.1, 0.15) is 5.76 Å². The Morgan fingerprint density at radius 1 is 1.13 bits per heavy atom. The third-order valence-electron chi connectivity index (χ3n) is 4.01. The Kier molecular flexibility index (Phi) is 8.36. The molecular weight excluding hydrogens is 300 g/mol. The number of aliphatic carboxylic acids is 2. The number of rotatable bonds is 5. The number of carboxylic acids is 2. The van der Waals surface area contributed by atoms with Gasteiger partial charge in [-0.05, 0) is 25.0 Å². The summed E-state index contributed by atoms with van der Waals surface area (Å²) in [6.07, 6.45) is 4.30. The maximum atomic E-state index is 9.10. The molecule has 1 aromatic heterocycles. The summed E-state index contributed by atoms with van der Waals surface area (Å²) in [6.45, 7) is 10.3. The zero-order valence-corrected chi connectivity index (χ0v) is 13.8. The first-order valence-corrected chi connectivity index (χ1v) is 7.92. The average Bonchev–Trinajstić information content (AvgIpc) is 3.03.